The number of amides is 2. The third-order valence-corrected chi connectivity index (χ3v) is 4.14. The fourth-order valence-corrected chi connectivity index (χ4v) is 2.81. The van der Waals surface area contributed by atoms with Gasteiger partial charge in [-0.2, -0.15) is 0 Å². The Hall–Kier alpha value is -1.75. The van der Waals surface area contributed by atoms with Gasteiger partial charge in [-0.05, 0) is 42.5 Å². The van der Waals surface area contributed by atoms with Gasteiger partial charge >= 0.3 is 0 Å². The van der Waals surface area contributed by atoms with E-state index in [0.29, 0.717) is 13.0 Å². The number of benzene rings is 1. The molecule has 0 aromatic heterocycles. The number of hydrogen-bond acceptors (Lipinski definition) is 3. The van der Waals surface area contributed by atoms with Gasteiger partial charge in [0.05, 0.1) is 6.04 Å². The first-order valence-corrected chi connectivity index (χ1v) is 8.23. The maximum atomic E-state index is 12.1. The van der Waals surface area contributed by atoms with E-state index in [1.807, 2.05) is 39.0 Å². The fourth-order valence-electron chi connectivity index (χ4n) is 2.81. The van der Waals surface area contributed by atoms with Crippen molar-refractivity contribution in [3.63, 3.8) is 0 Å². The van der Waals surface area contributed by atoms with Crippen molar-refractivity contribution in [2.24, 2.45) is 5.41 Å². The fraction of sp³-hybridized carbons (Fsp3) is 0.556. The molecule has 1 aliphatic carbocycles. The molecule has 0 saturated heterocycles. The smallest absolute Gasteiger partial charge is 0.225 e. The minimum absolute atomic E-state index is 0. The van der Waals surface area contributed by atoms with E-state index in [4.69, 9.17) is 5.73 Å². The summed E-state index contributed by atoms with van der Waals surface area (Å²) in [7, 11) is 0. The van der Waals surface area contributed by atoms with Crippen molar-refractivity contribution < 1.29 is 9.59 Å². The van der Waals surface area contributed by atoms with Crippen LogP contribution in [0.3, 0.4) is 0 Å². The second-order valence-electron chi connectivity index (χ2n) is 7.23. The van der Waals surface area contributed by atoms with Crippen molar-refractivity contribution in [3.8, 4) is 0 Å². The Bertz CT molecular complexity index is 596. The highest BCUT2D eigenvalue weighted by atomic mass is 35.5. The van der Waals surface area contributed by atoms with Gasteiger partial charge in [-0.15, -0.1) is 12.4 Å². The molecule has 24 heavy (non-hydrogen) atoms. The minimum Gasteiger partial charge on any atom is -0.399 e. The van der Waals surface area contributed by atoms with Gasteiger partial charge in [0, 0.05) is 24.1 Å². The van der Waals surface area contributed by atoms with Gasteiger partial charge in [-0.1, -0.05) is 26.8 Å². The zero-order valence-electron chi connectivity index (χ0n) is 14.6. The lowest BCUT2D eigenvalue weighted by Gasteiger charge is -2.27. The summed E-state index contributed by atoms with van der Waals surface area (Å²) in [6.07, 6.45) is 3.29. The molecule has 6 heteroatoms. The standard InChI is InChI=1S/C18H27N3O2.ClH/c1-18(2,3)17(23)20-10-9-16(22)21-15-6-4-5-12-11-13(19)7-8-14(12)15;/h7-8,11,15H,4-6,9-10,19H2,1-3H3,(H,20,23)(H,21,22);1H. The zero-order chi connectivity index (χ0) is 17.0. The number of fused-ring (bicyclic) bond motifs is 1. The maximum absolute atomic E-state index is 12.1. The molecule has 1 aliphatic rings. The summed E-state index contributed by atoms with van der Waals surface area (Å²) in [6.45, 7) is 5.93. The molecule has 2 amide bonds. The topological polar surface area (TPSA) is 84.2 Å². The van der Waals surface area contributed by atoms with Gasteiger partial charge in [-0.3, -0.25) is 9.59 Å². The predicted molar refractivity (Wildman–Crippen MR) is 99.0 cm³/mol. The molecule has 0 fully saturated rings. The molecule has 4 N–H and O–H groups in total. The number of carbonyl (C=O) groups excluding carboxylic acids is 2. The van der Waals surface area contributed by atoms with Crippen LogP contribution in [-0.4, -0.2) is 18.4 Å². The number of aryl methyl sites for hydroxylation is 1. The van der Waals surface area contributed by atoms with Crippen LogP contribution in [0.5, 0.6) is 0 Å². The lowest BCUT2D eigenvalue weighted by Crippen LogP contribution is -2.38. The van der Waals surface area contributed by atoms with E-state index in [0.717, 1.165) is 30.5 Å². The SMILES string of the molecule is CC(C)(C)C(=O)NCCC(=O)NC1CCCc2cc(N)ccc21.Cl. The summed E-state index contributed by atoms with van der Waals surface area (Å²) < 4.78 is 0. The first-order valence-electron chi connectivity index (χ1n) is 8.23. The summed E-state index contributed by atoms with van der Waals surface area (Å²) in [5.74, 6) is -0.0716. The Morgan fingerprint density at radius 2 is 2.00 bits per heavy atom. The number of carbonyl (C=O) groups is 2. The van der Waals surface area contributed by atoms with Gasteiger partial charge in [-0.25, -0.2) is 0 Å². The van der Waals surface area contributed by atoms with Crippen molar-refractivity contribution in [1.82, 2.24) is 10.6 Å². The predicted octanol–water partition coefficient (Wildman–Crippen LogP) is 2.74. The van der Waals surface area contributed by atoms with Gasteiger partial charge in [0.2, 0.25) is 11.8 Å². The van der Waals surface area contributed by atoms with Gasteiger partial charge in [0.1, 0.15) is 0 Å². The highest BCUT2D eigenvalue weighted by Gasteiger charge is 2.23. The lowest BCUT2D eigenvalue weighted by atomic mass is 9.87. The minimum atomic E-state index is -0.432. The van der Waals surface area contributed by atoms with Crippen LogP contribution in [0.4, 0.5) is 5.69 Å². The van der Waals surface area contributed by atoms with Crippen molar-refractivity contribution in [2.75, 3.05) is 12.3 Å². The van der Waals surface area contributed by atoms with E-state index in [2.05, 4.69) is 10.6 Å². The average molecular weight is 354 g/mol. The maximum Gasteiger partial charge on any atom is 0.225 e. The monoisotopic (exact) mass is 353 g/mol. The lowest BCUT2D eigenvalue weighted by molar-refractivity contribution is -0.128. The molecule has 0 radical (unpaired) electrons. The number of halogens is 1. The number of nitrogens with one attached hydrogen (secondary N) is 2. The summed E-state index contributed by atoms with van der Waals surface area (Å²) in [6, 6.07) is 5.94. The summed E-state index contributed by atoms with van der Waals surface area (Å²) in [4.78, 5) is 23.9. The summed E-state index contributed by atoms with van der Waals surface area (Å²) >= 11 is 0. The first kappa shape index (κ1) is 20.3. The number of nitrogens with two attached hydrogens (primary N) is 1. The van der Waals surface area contributed by atoms with Crippen LogP contribution < -0.4 is 16.4 Å². The first-order chi connectivity index (χ1) is 10.8. The summed E-state index contributed by atoms with van der Waals surface area (Å²) in [5, 5.41) is 5.88. The molecular formula is C18H28ClN3O2. The zero-order valence-corrected chi connectivity index (χ0v) is 15.5. The number of rotatable bonds is 4. The Balaban J connectivity index is 0.00000288. The molecule has 1 unspecified atom stereocenters. The van der Waals surface area contributed by atoms with E-state index in [1.165, 1.54) is 5.56 Å². The van der Waals surface area contributed by atoms with Gasteiger partial charge in [0.25, 0.3) is 0 Å². The quantitative estimate of drug-likeness (QED) is 0.727. The Morgan fingerprint density at radius 1 is 1.29 bits per heavy atom. The summed E-state index contributed by atoms with van der Waals surface area (Å²) in [5.41, 5.74) is 8.55. The van der Waals surface area contributed by atoms with Crippen LogP contribution in [-0.2, 0) is 16.0 Å². The third kappa shape index (κ3) is 5.41. The molecule has 134 valence electrons. The Labute approximate surface area is 150 Å². The molecular weight excluding hydrogens is 326 g/mol. The Morgan fingerprint density at radius 3 is 2.67 bits per heavy atom. The normalized spacial score (nSPS) is 16.5. The van der Waals surface area contributed by atoms with E-state index >= 15 is 0 Å². The van der Waals surface area contributed by atoms with Crippen LogP contribution in [0.1, 0.15) is 57.2 Å². The van der Waals surface area contributed by atoms with Crippen LogP contribution in [0.25, 0.3) is 0 Å². The van der Waals surface area contributed by atoms with E-state index in [-0.39, 0.29) is 30.3 Å². The molecule has 2 rings (SSSR count). The molecule has 0 spiro atoms. The molecule has 5 nitrogen and oxygen atoms in total. The second-order valence-corrected chi connectivity index (χ2v) is 7.23. The Kier molecular flexibility index (Phi) is 7.08. The second kappa shape index (κ2) is 8.38. The average Bonchev–Trinajstić information content (AvgIpc) is 2.46. The van der Waals surface area contributed by atoms with Crippen molar-refractivity contribution >= 4 is 29.9 Å². The van der Waals surface area contributed by atoms with Crippen molar-refractivity contribution in [1.29, 1.82) is 0 Å². The number of anilines is 1. The molecule has 0 bridgehead atoms. The van der Waals surface area contributed by atoms with E-state index < -0.39 is 5.41 Å². The highest BCUT2D eigenvalue weighted by molar-refractivity contribution is 5.85. The van der Waals surface area contributed by atoms with Crippen LogP contribution in [0.2, 0.25) is 0 Å². The molecule has 1 aromatic carbocycles. The molecule has 1 aromatic rings. The van der Waals surface area contributed by atoms with Crippen LogP contribution >= 0.6 is 12.4 Å². The number of nitrogen functional groups attached to an aromatic ring is 1. The highest BCUT2D eigenvalue weighted by Crippen LogP contribution is 2.30. The third-order valence-electron chi connectivity index (χ3n) is 4.14. The van der Waals surface area contributed by atoms with E-state index in [9.17, 15) is 9.59 Å². The van der Waals surface area contributed by atoms with Crippen molar-refractivity contribution in [2.45, 2.75) is 52.5 Å². The molecule has 0 heterocycles. The van der Waals surface area contributed by atoms with Crippen LogP contribution in [0.15, 0.2) is 18.2 Å². The molecule has 0 saturated carbocycles. The molecule has 1 atom stereocenters. The van der Waals surface area contributed by atoms with Crippen molar-refractivity contribution in [3.05, 3.63) is 29.3 Å². The number of hydrogen-bond donors (Lipinski definition) is 3. The van der Waals surface area contributed by atoms with E-state index in [1.54, 1.807) is 0 Å². The van der Waals surface area contributed by atoms with Crippen LogP contribution in [0, 0.1) is 5.41 Å². The largest absolute Gasteiger partial charge is 0.399 e. The van der Waals surface area contributed by atoms with Gasteiger partial charge in [0.15, 0.2) is 0 Å². The molecule has 0 aliphatic heterocycles. The van der Waals surface area contributed by atoms with Gasteiger partial charge < -0.3 is 16.4 Å².